The maximum atomic E-state index is 11.8. The van der Waals surface area contributed by atoms with E-state index in [1.165, 1.54) is 5.56 Å². The Hall–Kier alpha value is -1.35. The Balaban J connectivity index is 2.44. The van der Waals surface area contributed by atoms with Crippen molar-refractivity contribution in [3.8, 4) is 0 Å². The molecule has 0 radical (unpaired) electrons. The zero-order chi connectivity index (χ0) is 12.8. The van der Waals surface area contributed by atoms with Crippen molar-refractivity contribution in [2.75, 3.05) is 13.6 Å². The molecule has 0 bridgehead atoms. The second-order valence-electron chi connectivity index (χ2n) is 4.61. The third-order valence-electron chi connectivity index (χ3n) is 3.03. The zero-order valence-corrected chi connectivity index (χ0v) is 11.1. The van der Waals surface area contributed by atoms with Gasteiger partial charge < -0.3 is 10.2 Å². The molecule has 0 saturated heterocycles. The first-order chi connectivity index (χ1) is 8.02. The molecular formula is C14H22N2O. The maximum absolute atomic E-state index is 11.8. The fraction of sp³-hybridized carbons (Fsp3) is 0.500. The SMILES string of the molecule is CC(NCC(=O)N(C)C(C)C)c1ccccc1. The lowest BCUT2D eigenvalue weighted by atomic mass is 10.1. The van der Waals surface area contributed by atoms with Crippen molar-refractivity contribution in [1.29, 1.82) is 0 Å². The summed E-state index contributed by atoms with van der Waals surface area (Å²) in [7, 11) is 1.84. The van der Waals surface area contributed by atoms with E-state index < -0.39 is 0 Å². The van der Waals surface area contributed by atoms with Gasteiger partial charge in [0.15, 0.2) is 0 Å². The van der Waals surface area contributed by atoms with E-state index in [1.807, 2.05) is 39.1 Å². The first-order valence-corrected chi connectivity index (χ1v) is 6.06. The summed E-state index contributed by atoms with van der Waals surface area (Å²) < 4.78 is 0. The minimum Gasteiger partial charge on any atom is -0.342 e. The van der Waals surface area contributed by atoms with Gasteiger partial charge >= 0.3 is 0 Å². The van der Waals surface area contributed by atoms with E-state index in [1.54, 1.807) is 4.90 Å². The summed E-state index contributed by atoms with van der Waals surface area (Å²) in [5.41, 5.74) is 1.20. The second kappa shape index (κ2) is 6.40. The highest BCUT2D eigenvalue weighted by atomic mass is 16.2. The summed E-state index contributed by atoms with van der Waals surface area (Å²) >= 11 is 0. The first-order valence-electron chi connectivity index (χ1n) is 6.06. The summed E-state index contributed by atoms with van der Waals surface area (Å²) in [5.74, 6) is 0.128. The van der Waals surface area contributed by atoms with Gasteiger partial charge in [-0.15, -0.1) is 0 Å². The molecule has 0 aliphatic heterocycles. The van der Waals surface area contributed by atoms with E-state index in [4.69, 9.17) is 0 Å². The van der Waals surface area contributed by atoms with E-state index in [2.05, 4.69) is 24.4 Å². The number of likely N-dealkylation sites (N-methyl/N-ethyl adjacent to an activating group) is 1. The van der Waals surface area contributed by atoms with Crippen LogP contribution in [0.25, 0.3) is 0 Å². The molecule has 94 valence electrons. The number of carbonyl (C=O) groups excluding carboxylic acids is 1. The predicted molar refractivity (Wildman–Crippen MR) is 70.8 cm³/mol. The van der Waals surface area contributed by atoms with Crippen LogP contribution in [0.4, 0.5) is 0 Å². The number of hydrogen-bond donors (Lipinski definition) is 1. The lowest BCUT2D eigenvalue weighted by Crippen LogP contribution is -2.40. The van der Waals surface area contributed by atoms with Gasteiger partial charge in [0.1, 0.15) is 0 Å². The molecule has 0 aliphatic rings. The summed E-state index contributed by atoms with van der Waals surface area (Å²) in [6, 6.07) is 10.6. The molecule has 1 unspecified atom stereocenters. The van der Waals surface area contributed by atoms with Crippen LogP contribution in [0.1, 0.15) is 32.4 Å². The van der Waals surface area contributed by atoms with Crippen molar-refractivity contribution >= 4 is 5.91 Å². The summed E-state index contributed by atoms with van der Waals surface area (Å²) in [5, 5.41) is 3.24. The van der Waals surface area contributed by atoms with E-state index >= 15 is 0 Å². The quantitative estimate of drug-likeness (QED) is 0.847. The van der Waals surface area contributed by atoms with Crippen LogP contribution in [-0.4, -0.2) is 30.4 Å². The van der Waals surface area contributed by atoms with Crippen molar-refractivity contribution in [3.63, 3.8) is 0 Å². The topological polar surface area (TPSA) is 32.3 Å². The summed E-state index contributed by atoms with van der Waals surface area (Å²) in [6.07, 6.45) is 0. The standard InChI is InChI=1S/C14H22N2O/c1-11(2)16(4)14(17)10-15-12(3)13-8-6-5-7-9-13/h5-9,11-12,15H,10H2,1-4H3. The predicted octanol–water partition coefficient (Wildman–Crippen LogP) is 2.20. The number of amides is 1. The van der Waals surface area contributed by atoms with E-state index in [0.717, 1.165) is 0 Å². The molecule has 1 amide bonds. The van der Waals surface area contributed by atoms with Crippen LogP contribution in [0, 0.1) is 0 Å². The molecule has 1 rings (SSSR count). The summed E-state index contributed by atoms with van der Waals surface area (Å²) in [6.45, 7) is 6.47. The minimum absolute atomic E-state index is 0.128. The molecule has 0 heterocycles. The van der Waals surface area contributed by atoms with E-state index in [9.17, 15) is 4.79 Å². The minimum atomic E-state index is 0.128. The fourth-order valence-corrected chi connectivity index (χ4v) is 1.51. The molecule has 1 atom stereocenters. The monoisotopic (exact) mass is 234 g/mol. The highest BCUT2D eigenvalue weighted by molar-refractivity contribution is 5.78. The Bertz CT molecular complexity index is 348. The lowest BCUT2D eigenvalue weighted by molar-refractivity contribution is -0.130. The van der Waals surface area contributed by atoms with Gasteiger partial charge in [-0.05, 0) is 26.3 Å². The van der Waals surface area contributed by atoms with Gasteiger partial charge in [0.25, 0.3) is 0 Å². The van der Waals surface area contributed by atoms with Gasteiger partial charge in [-0.25, -0.2) is 0 Å². The van der Waals surface area contributed by atoms with Gasteiger partial charge in [0.2, 0.25) is 5.91 Å². The van der Waals surface area contributed by atoms with Crippen LogP contribution in [0.2, 0.25) is 0 Å². The van der Waals surface area contributed by atoms with Crippen molar-refractivity contribution in [3.05, 3.63) is 35.9 Å². The molecule has 0 fully saturated rings. The summed E-state index contributed by atoms with van der Waals surface area (Å²) in [4.78, 5) is 13.5. The number of hydrogen-bond acceptors (Lipinski definition) is 2. The highest BCUT2D eigenvalue weighted by Gasteiger charge is 2.13. The Morgan fingerprint density at radius 1 is 1.24 bits per heavy atom. The Kier molecular flexibility index (Phi) is 5.16. The molecule has 3 nitrogen and oxygen atoms in total. The van der Waals surface area contributed by atoms with Gasteiger partial charge in [-0.2, -0.15) is 0 Å². The number of nitrogens with zero attached hydrogens (tertiary/aromatic N) is 1. The van der Waals surface area contributed by atoms with Gasteiger partial charge in [-0.1, -0.05) is 30.3 Å². The first kappa shape index (κ1) is 13.7. The highest BCUT2D eigenvalue weighted by Crippen LogP contribution is 2.10. The van der Waals surface area contributed by atoms with Gasteiger partial charge in [0.05, 0.1) is 6.54 Å². The number of rotatable bonds is 5. The third kappa shape index (κ3) is 4.19. The van der Waals surface area contributed by atoms with Crippen molar-refractivity contribution < 1.29 is 4.79 Å². The largest absolute Gasteiger partial charge is 0.342 e. The van der Waals surface area contributed by atoms with Crippen molar-refractivity contribution in [1.82, 2.24) is 10.2 Å². The van der Waals surface area contributed by atoms with Crippen LogP contribution in [0.15, 0.2) is 30.3 Å². The number of benzene rings is 1. The van der Waals surface area contributed by atoms with E-state index in [0.29, 0.717) is 6.54 Å². The van der Waals surface area contributed by atoms with Crippen LogP contribution < -0.4 is 5.32 Å². The van der Waals surface area contributed by atoms with Crippen LogP contribution in [0.3, 0.4) is 0 Å². The Labute approximate surface area is 104 Å². The lowest BCUT2D eigenvalue weighted by Gasteiger charge is -2.23. The molecule has 3 heteroatoms. The average Bonchev–Trinajstić information content (AvgIpc) is 2.35. The van der Waals surface area contributed by atoms with Crippen molar-refractivity contribution in [2.24, 2.45) is 0 Å². The molecule has 0 spiro atoms. The van der Waals surface area contributed by atoms with E-state index in [-0.39, 0.29) is 18.0 Å². The number of carbonyl (C=O) groups is 1. The number of nitrogens with one attached hydrogen (secondary N) is 1. The Morgan fingerprint density at radius 2 is 1.82 bits per heavy atom. The molecule has 1 aromatic rings. The second-order valence-corrected chi connectivity index (χ2v) is 4.61. The smallest absolute Gasteiger partial charge is 0.236 e. The normalized spacial score (nSPS) is 12.5. The van der Waals surface area contributed by atoms with Crippen LogP contribution in [-0.2, 0) is 4.79 Å². The molecule has 0 aromatic heterocycles. The Morgan fingerprint density at radius 3 is 2.35 bits per heavy atom. The third-order valence-corrected chi connectivity index (χ3v) is 3.03. The van der Waals surface area contributed by atoms with Gasteiger partial charge in [0, 0.05) is 19.1 Å². The molecule has 17 heavy (non-hydrogen) atoms. The molecule has 0 aliphatic carbocycles. The molecular weight excluding hydrogens is 212 g/mol. The van der Waals surface area contributed by atoms with Gasteiger partial charge in [-0.3, -0.25) is 4.79 Å². The maximum Gasteiger partial charge on any atom is 0.236 e. The molecule has 1 aromatic carbocycles. The molecule has 0 saturated carbocycles. The fourth-order valence-electron chi connectivity index (χ4n) is 1.51. The van der Waals surface area contributed by atoms with Crippen LogP contribution >= 0.6 is 0 Å². The zero-order valence-electron chi connectivity index (χ0n) is 11.1. The van der Waals surface area contributed by atoms with Crippen molar-refractivity contribution in [2.45, 2.75) is 32.9 Å². The average molecular weight is 234 g/mol. The molecule has 1 N–H and O–H groups in total. The van der Waals surface area contributed by atoms with Crippen LogP contribution in [0.5, 0.6) is 0 Å².